The van der Waals surface area contributed by atoms with Gasteiger partial charge in [0.05, 0.1) is 44.4 Å². The SMILES string of the molecule is [C-]#[N+]c1c(C)c(N=Nc2ccc(-c3ccc(N=Nc4c(C)c(C#N)c5nc6ccccc6n5c4O)c(Cl)c3)cc2Cl)cn2c1nc1ccccc12. The molecule has 0 saturated heterocycles. The molecule has 0 aliphatic rings. The molecule has 4 aromatic heterocycles. The highest BCUT2D eigenvalue weighted by Crippen LogP contribution is 2.41. The lowest BCUT2D eigenvalue weighted by Crippen LogP contribution is -1.95. The minimum atomic E-state index is -0.184. The molecule has 0 unspecified atom stereocenters. The third kappa shape index (κ3) is 5.20. The molecule has 8 rings (SSSR count). The highest BCUT2D eigenvalue weighted by atomic mass is 35.5. The molecule has 1 N–H and O–H groups in total. The van der Waals surface area contributed by atoms with Gasteiger partial charge in [0.1, 0.15) is 28.7 Å². The molecule has 11 nitrogen and oxygen atoms in total. The fourth-order valence-electron chi connectivity index (χ4n) is 6.05. The van der Waals surface area contributed by atoms with E-state index in [0.717, 1.165) is 22.2 Å². The number of halogens is 2. The summed E-state index contributed by atoms with van der Waals surface area (Å²) in [5.41, 5.74) is 8.70. The Morgan fingerprint density at radius 1 is 0.745 bits per heavy atom. The van der Waals surface area contributed by atoms with E-state index in [1.165, 1.54) is 4.40 Å². The fraction of sp³-hybridized carbons (Fsp3) is 0.0526. The molecule has 13 heteroatoms. The van der Waals surface area contributed by atoms with Crippen molar-refractivity contribution in [3.63, 3.8) is 0 Å². The van der Waals surface area contributed by atoms with Crippen LogP contribution < -0.4 is 0 Å². The van der Waals surface area contributed by atoms with E-state index in [-0.39, 0.29) is 17.1 Å². The maximum Gasteiger partial charge on any atom is 0.234 e. The number of pyridine rings is 2. The Kier molecular flexibility index (Phi) is 7.65. The summed E-state index contributed by atoms with van der Waals surface area (Å²) in [7, 11) is 0. The van der Waals surface area contributed by atoms with Gasteiger partial charge in [0.25, 0.3) is 0 Å². The lowest BCUT2D eigenvalue weighted by atomic mass is 10.1. The molecule has 0 radical (unpaired) electrons. The van der Waals surface area contributed by atoms with Crippen LogP contribution >= 0.6 is 23.2 Å². The van der Waals surface area contributed by atoms with Crippen LogP contribution in [0.15, 0.2) is 112 Å². The second-order valence-corrected chi connectivity index (χ2v) is 12.5. The molecule has 0 spiro atoms. The average molecular weight is 706 g/mol. The summed E-state index contributed by atoms with van der Waals surface area (Å²) in [6.07, 6.45) is 1.82. The number of nitrogens with zero attached hydrogens (tertiary/aromatic N) is 10. The molecule has 0 fully saturated rings. The first kappa shape index (κ1) is 31.6. The zero-order valence-electron chi connectivity index (χ0n) is 26.8. The van der Waals surface area contributed by atoms with Crippen molar-refractivity contribution in [3.8, 4) is 23.1 Å². The molecule has 4 aromatic carbocycles. The minimum Gasteiger partial charge on any atom is -0.493 e. The number of fused-ring (bicyclic) bond motifs is 6. The smallest absolute Gasteiger partial charge is 0.234 e. The second-order valence-electron chi connectivity index (χ2n) is 11.7. The molecule has 0 atom stereocenters. The molecule has 0 aliphatic carbocycles. The van der Waals surface area contributed by atoms with Gasteiger partial charge in [-0.2, -0.15) is 10.4 Å². The summed E-state index contributed by atoms with van der Waals surface area (Å²) < 4.78 is 3.36. The molecule has 0 aliphatic heterocycles. The third-order valence-corrected chi connectivity index (χ3v) is 9.32. The normalized spacial score (nSPS) is 11.8. The van der Waals surface area contributed by atoms with Crippen LogP contribution in [0.4, 0.5) is 28.4 Å². The van der Waals surface area contributed by atoms with E-state index in [9.17, 15) is 10.4 Å². The van der Waals surface area contributed by atoms with E-state index in [1.54, 1.807) is 37.3 Å². The number of aromatic hydroxyl groups is 1. The van der Waals surface area contributed by atoms with Crippen molar-refractivity contribution in [2.75, 3.05) is 0 Å². The number of azo groups is 2. The highest BCUT2D eigenvalue weighted by molar-refractivity contribution is 6.34. The van der Waals surface area contributed by atoms with Crippen molar-refractivity contribution in [3.05, 3.63) is 129 Å². The first-order valence-electron chi connectivity index (χ1n) is 15.5. The average Bonchev–Trinajstić information content (AvgIpc) is 3.70. The van der Waals surface area contributed by atoms with Crippen molar-refractivity contribution in [1.29, 1.82) is 5.26 Å². The summed E-state index contributed by atoms with van der Waals surface area (Å²) in [4.78, 5) is 12.9. The van der Waals surface area contributed by atoms with Crippen LogP contribution in [0.5, 0.6) is 5.88 Å². The summed E-state index contributed by atoms with van der Waals surface area (Å²) in [5.74, 6) is -0.184. The molecule has 4 heterocycles. The quantitative estimate of drug-likeness (QED) is 0.141. The summed E-state index contributed by atoms with van der Waals surface area (Å²) in [5, 5.41) is 39.4. The van der Waals surface area contributed by atoms with Gasteiger partial charge >= 0.3 is 0 Å². The van der Waals surface area contributed by atoms with Crippen molar-refractivity contribution >= 4 is 85.0 Å². The van der Waals surface area contributed by atoms with Gasteiger partial charge in [-0.25, -0.2) is 14.8 Å². The van der Waals surface area contributed by atoms with Crippen molar-refractivity contribution in [1.82, 2.24) is 18.8 Å². The molecule has 51 heavy (non-hydrogen) atoms. The van der Waals surface area contributed by atoms with Crippen molar-refractivity contribution in [2.45, 2.75) is 13.8 Å². The fourth-order valence-corrected chi connectivity index (χ4v) is 6.49. The van der Waals surface area contributed by atoms with Gasteiger partial charge in [0, 0.05) is 11.8 Å². The monoisotopic (exact) mass is 704 g/mol. The molecular formula is C38H22Cl2N10O. The van der Waals surface area contributed by atoms with Gasteiger partial charge in [-0.1, -0.05) is 59.6 Å². The van der Waals surface area contributed by atoms with E-state index in [2.05, 4.69) is 41.3 Å². The highest BCUT2D eigenvalue weighted by Gasteiger charge is 2.21. The van der Waals surface area contributed by atoms with E-state index in [0.29, 0.717) is 66.2 Å². The Morgan fingerprint density at radius 2 is 1.31 bits per heavy atom. The minimum absolute atomic E-state index is 0.137. The van der Waals surface area contributed by atoms with Gasteiger partial charge < -0.3 is 9.51 Å². The standard InChI is InChI=1S/C38H22Cl2N10O/c1-20-24(18-41)36-43-30-9-5-7-11-33(30)50(36)38(51)35(20)48-46-28-15-13-23(17-26(28)40)22-12-14-27(25(39)16-22)45-47-31-19-49-32-10-6-4-8-29(32)44-37(49)34(42-3)21(31)2/h4-17,19,51H,1-2H3. The van der Waals surface area contributed by atoms with Gasteiger partial charge in [-0.15, -0.1) is 15.3 Å². The van der Waals surface area contributed by atoms with E-state index in [4.69, 9.17) is 29.8 Å². The lowest BCUT2D eigenvalue weighted by Gasteiger charge is -2.09. The maximum atomic E-state index is 11.2. The van der Waals surface area contributed by atoms with Crippen LogP contribution in [0.25, 0.3) is 49.3 Å². The Bertz CT molecular complexity index is 2910. The van der Waals surface area contributed by atoms with Gasteiger partial charge in [-0.3, -0.25) is 4.40 Å². The van der Waals surface area contributed by atoms with Crippen LogP contribution in [0.3, 0.4) is 0 Å². The van der Waals surface area contributed by atoms with Crippen LogP contribution in [0.1, 0.15) is 16.7 Å². The zero-order valence-corrected chi connectivity index (χ0v) is 28.3. The first-order chi connectivity index (χ1) is 24.8. The number of imidazole rings is 2. The van der Waals surface area contributed by atoms with Crippen molar-refractivity contribution in [2.24, 2.45) is 20.5 Å². The van der Waals surface area contributed by atoms with Crippen LogP contribution in [0, 0.1) is 31.8 Å². The predicted molar refractivity (Wildman–Crippen MR) is 198 cm³/mol. The topological polar surface area (TPSA) is 132 Å². The van der Waals surface area contributed by atoms with Gasteiger partial charge in [0.2, 0.25) is 11.6 Å². The largest absolute Gasteiger partial charge is 0.493 e. The molecule has 8 aromatic rings. The summed E-state index contributed by atoms with van der Waals surface area (Å²) >= 11 is 13.3. The van der Waals surface area contributed by atoms with Crippen LogP contribution in [0.2, 0.25) is 10.0 Å². The number of aromatic nitrogens is 4. The van der Waals surface area contributed by atoms with Crippen LogP contribution in [-0.4, -0.2) is 23.9 Å². The first-order valence-corrected chi connectivity index (χ1v) is 16.3. The molecule has 244 valence electrons. The second kappa shape index (κ2) is 12.3. The van der Waals surface area contributed by atoms with E-state index < -0.39 is 0 Å². The Labute approximate surface area is 299 Å². The van der Waals surface area contributed by atoms with Gasteiger partial charge in [0.15, 0.2) is 11.3 Å². The van der Waals surface area contributed by atoms with Gasteiger partial charge in [-0.05, 0) is 79.1 Å². The number of hydrogen-bond donors (Lipinski definition) is 1. The lowest BCUT2D eigenvalue weighted by molar-refractivity contribution is 0.449. The molecule has 0 bridgehead atoms. The number of nitriles is 1. The van der Waals surface area contributed by atoms with E-state index in [1.807, 2.05) is 72.1 Å². The predicted octanol–water partition coefficient (Wildman–Crippen LogP) is 11.8. The van der Waals surface area contributed by atoms with Crippen LogP contribution in [-0.2, 0) is 0 Å². The third-order valence-electron chi connectivity index (χ3n) is 8.71. The van der Waals surface area contributed by atoms with Crippen molar-refractivity contribution < 1.29 is 5.11 Å². The number of rotatable bonds is 5. The molecule has 0 saturated carbocycles. The number of hydrogen-bond acceptors (Lipinski definition) is 8. The molecular weight excluding hydrogens is 683 g/mol. The summed E-state index contributed by atoms with van der Waals surface area (Å²) in [6, 6.07) is 27.8. The maximum absolute atomic E-state index is 11.2. The Hall–Kier alpha value is -6.66. The summed E-state index contributed by atoms with van der Waals surface area (Å²) in [6.45, 7) is 11.3. The Balaban J connectivity index is 1.08. The zero-order chi connectivity index (χ0) is 35.4. The molecule has 0 amide bonds. The number of para-hydroxylation sites is 4. The van der Waals surface area contributed by atoms with E-state index >= 15 is 0 Å². The number of benzene rings is 4. The Morgan fingerprint density at radius 3 is 1.94 bits per heavy atom.